The van der Waals surface area contributed by atoms with Crippen LogP contribution in [0.25, 0.3) is 26.5 Å². The van der Waals surface area contributed by atoms with Crippen LogP contribution in [0.2, 0.25) is 0 Å². The standard InChI is InChI=1S/C18H19N5S2/c1-10(2)21-18-20-8-15(25-18)13-7-14(16-11(3)22-12(4)24-16)17-19-5-6-23(17)9-13/h5-10H,1-4H3,(H,20,21). The monoisotopic (exact) mass is 369 g/mol. The second-order valence-corrected chi connectivity index (χ2v) is 8.51. The SMILES string of the molecule is Cc1nc(C)c(-c2cc(-c3cnc(NC(C)C)s3)cn3ccnc23)s1. The molecule has 0 atom stereocenters. The number of anilines is 1. The molecule has 128 valence electrons. The van der Waals surface area contributed by atoms with Gasteiger partial charge in [-0.25, -0.2) is 15.0 Å². The number of thiazole rings is 2. The van der Waals surface area contributed by atoms with Crippen molar-refractivity contribution in [1.82, 2.24) is 19.4 Å². The van der Waals surface area contributed by atoms with Gasteiger partial charge in [-0.3, -0.25) is 0 Å². The van der Waals surface area contributed by atoms with E-state index in [0.717, 1.165) is 37.5 Å². The van der Waals surface area contributed by atoms with Gasteiger partial charge in [0.25, 0.3) is 0 Å². The Balaban J connectivity index is 1.86. The van der Waals surface area contributed by atoms with Crippen LogP contribution < -0.4 is 5.32 Å². The molecule has 0 unspecified atom stereocenters. The summed E-state index contributed by atoms with van der Waals surface area (Å²) < 4.78 is 2.08. The fourth-order valence-corrected chi connectivity index (χ4v) is 4.71. The van der Waals surface area contributed by atoms with Crippen molar-refractivity contribution in [3.63, 3.8) is 0 Å². The van der Waals surface area contributed by atoms with Crippen LogP contribution >= 0.6 is 22.7 Å². The Morgan fingerprint density at radius 1 is 1.16 bits per heavy atom. The number of hydrogen-bond donors (Lipinski definition) is 1. The van der Waals surface area contributed by atoms with Crippen molar-refractivity contribution in [3.8, 4) is 20.9 Å². The second kappa shape index (κ2) is 6.24. The summed E-state index contributed by atoms with van der Waals surface area (Å²) >= 11 is 3.38. The second-order valence-electron chi connectivity index (χ2n) is 6.28. The predicted octanol–water partition coefficient (Wildman–Crippen LogP) is 5.02. The van der Waals surface area contributed by atoms with E-state index < -0.39 is 0 Å². The molecule has 0 aliphatic rings. The molecular formula is C18H19N5S2. The summed E-state index contributed by atoms with van der Waals surface area (Å²) in [4.78, 5) is 15.9. The van der Waals surface area contributed by atoms with Crippen molar-refractivity contribution in [2.24, 2.45) is 0 Å². The van der Waals surface area contributed by atoms with E-state index in [1.807, 2.05) is 25.5 Å². The maximum Gasteiger partial charge on any atom is 0.183 e. The highest BCUT2D eigenvalue weighted by Gasteiger charge is 2.15. The molecule has 4 heterocycles. The number of nitrogens with zero attached hydrogens (tertiary/aromatic N) is 4. The van der Waals surface area contributed by atoms with Crippen molar-refractivity contribution in [1.29, 1.82) is 0 Å². The maximum atomic E-state index is 4.58. The average molecular weight is 370 g/mol. The molecule has 1 N–H and O–H groups in total. The molecule has 0 spiro atoms. The van der Waals surface area contributed by atoms with E-state index in [2.05, 4.69) is 57.7 Å². The zero-order valence-corrected chi connectivity index (χ0v) is 16.2. The van der Waals surface area contributed by atoms with Crippen molar-refractivity contribution >= 4 is 33.5 Å². The highest BCUT2D eigenvalue weighted by atomic mass is 32.1. The molecule has 5 nitrogen and oxygen atoms in total. The average Bonchev–Trinajstić information content (AvgIpc) is 3.25. The van der Waals surface area contributed by atoms with Gasteiger partial charge >= 0.3 is 0 Å². The summed E-state index contributed by atoms with van der Waals surface area (Å²) in [7, 11) is 0. The van der Waals surface area contributed by atoms with Gasteiger partial charge in [0.1, 0.15) is 5.65 Å². The van der Waals surface area contributed by atoms with Gasteiger partial charge in [-0.1, -0.05) is 11.3 Å². The van der Waals surface area contributed by atoms with Crippen molar-refractivity contribution in [2.75, 3.05) is 5.32 Å². The third kappa shape index (κ3) is 3.05. The fraction of sp³-hybridized carbons (Fsp3) is 0.278. The summed E-state index contributed by atoms with van der Waals surface area (Å²) in [6.07, 6.45) is 7.87. The molecule has 25 heavy (non-hydrogen) atoms. The number of rotatable bonds is 4. The smallest absolute Gasteiger partial charge is 0.183 e. The normalized spacial score (nSPS) is 11.6. The minimum absolute atomic E-state index is 0.369. The maximum absolute atomic E-state index is 4.58. The lowest BCUT2D eigenvalue weighted by Crippen LogP contribution is -2.08. The van der Waals surface area contributed by atoms with Gasteiger partial charge in [0.2, 0.25) is 0 Å². The minimum Gasteiger partial charge on any atom is -0.359 e. The molecule has 0 bridgehead atoms. The van der Waals surface area contributed by atoms with E-state index in [0.29, 0.717) is 6.04 Å². The third-order valence-electron chi connectivity index (χ3n) is 3.84. The van der Waals surface area contributed by atoms with Gasteiger partial charge in [0.05, 0.1) is 20.5 Å². The van der Waals surface area contributed by atoms with E-state index in [9.17, 15) is 0 Å². The quantitative estimate of drug-likeness (QED) is 0.549. The zero-order chi connectivity index (χ0) is 17.6. The molecule has 7 heteroatoms. The molecule has 0 fully saturated rings. The summed E-state index contributed by atoms with van der Waals surface area (Å²) in [5.41, 5.74) is 4.27. The largest absolute Gasteiger partial charge is 0.359 e. The number of nitrogens with one attached hydrogen (secondary N) is 1. The highest BCUT2D eigenvalue weighted by Crippen LogP contribution is 2.37. The molecule has 4 aromatic heterocycles. The van der Waals surface area contributed by atoms with Gasteiger partial charge in [-0.2, -0.15) is 0 Å². The molecule has 0 aromatic carbocycles. The van der Waals surface area contributed by atoms with Crippen LogP contribution in [0.5, 0.6) is 0 Å². The number of hydrogen-bond acceptors (Lipinski definition) is 6. The van der Waals surface area contributed by atoms with Gasteiger partial charge in [-0.05, 0) is 33.8 Å². The lowest BCUT2D eigenvalue weighted by molar-refractivity contribution is 0.896. The summed E-state index contributed by atoms with van der Waals surface area (Å²) in [6.45, 7) is 8.33. The van der Waals surface area contributed by atoms with Gasteiger partial charge in [0.15, 0.2) is 5.13 Å². The Morgan fingerprint density at radius 2 is 2.00 bits per heavy atom. The van der Waals surface area contributed by atoms with Gasteiger partial charge < -0.3 is 9.72 Å². The first-order valence-corrected chi connectivity index (χ1v) is 9.78. The highest BCUT2D eigenvalue weighted by molar-refractivity contribution is 7.18. The number of aryl methyl sites for hydroxylation is 2. The van der Waals surface area contributed by atoms with Crippen molar-refractivity contribution in [3.05, 3.63) is 41.6 Å². The first kappa shape index (κ1) is 16.2. The molecule has 0 aliphatic heterocycles. The minimum atomic E-state index is 0.369. The topological polar surface area (TPSA) is 55.1 Å². The number of fused-ring (bicyclic) bond motifs is 1. The molecule has 4 rings (SSSR count). The van der Waals surface area contributed by atoms with E-state index >= 15 is 0 Å². The Labute approximate surface area is 154 Å². The van der Waals surface area contributed by atoms with E-state index in [4.69, 9.17) is 0 Å². The van der Waals surface area contributed by atoms with Crippen molar-refractivity contribution < 1.29 is 0 Å². The van der Waals surface area contributed by atoms with Crippen LogP contribution in [-0.4, -0.2) is 25.4 Å². The Bertz CT molecular complexity index is 1040. The first-order valence-electron chi connectivity index (χ1n) is 8.15. The van der Waals surface area contributed by atoms with Gasteiger partial charge in [-0.15, -0.1) is 11.3 Å². The van der Waals surface area contributed by atoms with Crippen LogP contribution in [0.4, 0.5) is 5.13 Å². The fourth-order valence-electron chi connectivity index (χ4n) is 2.84. The molecule has 0 radical (unpaired) electrons. The molecule has 0 saturated heterocycles. The van der Waals surface area contributed by atoms with Crippen LogP contribution in [0.3, 0.4) is 0 Å². The number of imidazole rings is 1. The number of aromatic nitrogens is 4. The predicted molar refractivity (Wildman–Crippen MR) is 106 cm³/mol. The van der Waals surface area contributed by atoms with E-state index in [-0.39, 0.29) is 0 Å². The van der Waals surface area contributed by atoms with Crippen LogP contribution in [-0.2, 0) is 0 Å². The van der Waals surface area contributed by atoms with E-state index in [1.54, 1.807) is 22.7 Å². The molecule has 0 aliphatic carbocycles. The van der Waals surface area contributed by atoms with Crippen molar-refractivity contribution in [2.45, 2.75) is 33.7 Å². The molecular weight excluding hydrogens is 350 g/mol. The lowest BCUT2D eigenvalue weighted by Gasteiger charge is -2.07. The van der Waals surface area contributed by atoms with Crippen LogP contribution in [0, 0.1) is 13.8 Å². The Hall–Kier alpha value is -2.25. The summed E-state index contributed by atoms with van der Waals surface area (Å²) in [5, 5.41) is 5.39. The lowest BCUT2D eigenvalue weighted by atomic mass is 10.1. The molecule has 0 saturated carbocycles. The van der Waals surface area contributed by atoms with Crippen LogP contribution in [0.1, 0.15) is 24.5 Å². The zero-order valence-electron chi connectivity index (χ0n) is 14.6. The number of pyridine rings is 1. The van der Waals surface area contributed by atoms with E-state index in [1.165, 1.54) is 4.88 Å². The third-order valence-corrected chi connectivity index (χ3v) is 5.92. The Morgan fingerprint density at radius 3 is 2.72 bits per heavy atom. The molecule has 0 amide bonds. The Kier molecular flexibility index (Phi) is 4.05. The summed E-state index contributed by atoms with van der Waals surface area (Å²) in [5.74, 6) is 0. The first-order chi connectivity index (χ1) is 12.0. The van der Waals surface area contributed by atoms with Crippen LogP contribution in [0.15, 0.2) is 30.9 Å². The summed E-state index contributed by atoms with van der Waals surface area (Å²) in [6, 6.07) is 2.57. The molecule has 4 aromatic rings. The van der Waals surface area contributed by atoms with Gasteiger partial charge in [0, 0.05) is 42.0 Å².